The van der Waals surface area contributed by atoms with Gasteiger partial charge in [0.15, 0.2) is 0 Å². The zero-order valence-electron chi connectivity index (χ0n) is 11.2. The highest BCUT2D eigenvalue weighted by atomic mass is 79.9. The van der Waals surface area contributed by atoms with Crippen molar-refractivity contribution in [1.29, 1.82) is 0 Å². The molecule has 7 heteroatoms. The van der Waals surface area contributed by atoms with Gasteiger partial charge < -0.3 is 14.2 Å². The first kappa shape index (κ1) is 15.8. The molecule has 0 radical (unpaired) electrons. The first-order valence-electron chi connectivity index (χ1n) is 5.80. The first-order chi connectivity index (χ1) is 10.0. The molecule has 1 heterocycles. The number of rotatable bonds is 4. The number of methoxy groups -OCH3 is 2. The molecule has 0 bridgehead atoms. The van der Waals surface area contributed by atoms with Crippen molar-refractivity contribution in [1.82, 2.24) is 4.98 Å². The normalized spacial score (nSPS) is 10.1. The third-order valence-electron chi connectivity index (χ3n) is 2.58. The Labute approximate surface area is 138 Å². The number of carbonyl (C=O) groups is 1. The Kier molecular flexibility index (Phi) is 5.19. The smallest absolute Gasteiger partial charge is 0.338 e. The Hall–Kier alpha value is -1.60. The number of carbonyl (C=O) groups excluding carboxylic acids is 1. The molecule has 21 heavy (non-hydrogen) atoms. The number of hydrogen-bond acceptors (Lipinski definition) is 5. The molecule has 0 atom stereocenters. The first-order valence-corrected chi connectivity index (χ1v) is 7.39. The van der Waals surface area contributed by atoms with Gasteiger partial charge in [0.05, 0.1) is 28.7 Å². The highest BCUT2D eigenvalue weighted by molar-refractivity contribution is 9.11. The largest absolute Gasteiger partial charge is 0.496 e. The lowest BCUT2D eigenvalue weighted by atomic mass is 10.3. The van der Waals surface area contributed by atoms with Crippen LogP contribution in [0, 0.1) is 0 Å². The van der Waals surface area contributed by atoms with E-state index in [0.717, 1.165) is 4.47 Å². The van der Waals surface area contributed by atoms with Crippen molar-refractivity contribution in [2.24, 2.45) is 0 Å². The molecular weight excluding hydrogens is 406 g/mol. The maximum atomic E-state index is 11.5. The van der Waals surface area contributed by atoms with Gasteiger partial charge in [-0.1, -0.05) is 0 Å². The highest BCUT2D eigenvalue weighted by Gasteiger charge is 2.12. The molecule has 1 aromatic carbocycles. The van der Waals surface area contributed by atoms with Crippen LogP contribution in [0.5, 0.6) is 17.4 Å². The summed E-state index contributed by atoms with van der Waals surface area (Å²) in [5.74, 6) is 1.05. The number of aromatic nitrogens is 1. The van der Waals surface area contributed by atoms with E-state index in [4.69, 9.17) is 9.47 Å². The van der Waals surface area contributed by atoms with Crippen LogP contribution >= 0.6 is 31.9 Å². The summed E-state index contributed by atoms with van der Waals surface area (Å²) in [6, 6.07) is 6.58. The van der Waals surface area contributed by atoms with Crippen LogP contribution in [0.3, 0.4) is 0 Å². The molecular formula is C14H11Br2NO4. The zero-order valence-corrected chi connectivity index (χ0v) is 14.4. The summed E-state index contributed by atoms with van der Waals surface area (Å²) in [6.45, 7) is 0. The van der Waals surface area contributed by atoms with Crippen molar-refractivity contribution < 1.29 is 19.0 Å². The monoisotopic (exact) mass is 415 g/mol. The second-order valence-corrected chi connectivity index (χ2v) is 5.60. The Balaban J connectivity index is 2.30. The zero-order chi connectivity index (χ0) is 15.4. The third kappa shape index (κ3) is 3.74. The molecule has 0 aliphatic heterocycles. The molecule has 0 N–H and O–H groups in total. The maximum Gasteiger partial charge on any atom is 0.338 e. The molecule has 0 saturated heterocycles. The topological polar surface area (TPSA) is 57.7 Å². The SMILES string of the molecule is COC(=O)c1ccnc(Oc2cc(Br)c(OC)cc2Br)c1. The highest BCUT2D eigenvalue weighted by Crippen LogP contribution is 2.37. The summed E-state index contributed by atoms with van der Waals surface area (Å²) >= 11 is 6.78. The van der Waals surface area contributed by atoms with Gasteiger partial charge in [0.1, 0.15) is 11.5 Å². The number of esters is 1. The van der Waals surface area contributed by atoms with Gasteiger partial charge in [-0.15, -0.1) is 0 Å². The van der Waals surface area contributed by atoms with E-state index >= 15 is 0 Å². The summed E-state index contributed by atoms with van der Waals surface area (Å²) < 4.78 is 17.0. The van der Waals surface area contributed by atoms with E-state index in [2.05, 4.69) is 41.6 Å². The predicted octanol–water partition coefficient (Wildman–Crippen LogP) is 4.19. The van der Waals surface area contributed by atoms with E-state index in [1.165, 1.54) is 19.4 Å². The molecule has 0 saturated carbocycles. The van der Waals surface area contributed by atoms with Crippen molar-refractivity contribution in [3.8, 4) is 17.4 Å². The number of ether oxygens (including phenoxy) is 3. The van der Waals surface area contributed by atoms with Crippen LogP contribution in [0.15, 0.2) is 39.4 Å². The van der Waals surface area contributed by atoms with Gasteiger partial charge in [-0.25, -0.2) is 9.78 Å². The lowest BCUT2D eigenvalue weighted by Crippen LogP contribution is -2.01. The van der Waals surface area contributed by atoms with Crippen molar-refractivity contribution in [3.05, 3.63) is 45.0 Å². The van der Waals surface area contributed by atoms with Crippen molar-refractivity contribution in [2.45, 2.75) is 0 Å². The van der Waals surface area contributed by atoms with Crippen molar-refractivity contribution in [3.63, 3.8) is 0 Å². The number of halogens is 2. The maximum absolute atomic E-state index is 11.5. The van der Waals surface area contributed by atoms with Gasteiger partial charge in [0.25, 0.3) is 0 Å². The molecule has 2 aromatic rings. The van der Waals surface area contributed by atoms with Crippen LogP contribution in [0.25, 0.3) is 0 Å². The van der Waals surface area contributed by atoms with Crippen LogP contribution in [-0.2, 0) is 4.74 Å². The minimum absolute atomic E-state index is 0.288. The number of nitrogens with zero attached hydrogens (tertiary/aromatic N) is 1. The number of benzene rings is 1. The Bertz CT molecular complexity index is 676. The molecule has 2 rings (SSSR count). The second kappa shape index (κ2) is 6.91. The van der Waals surface area contributed by atoms with E-state index in [-0.39, 0.29) is 5.88 Å². The van der Waals surface area contributed by atoms with Crippen LogP contribution in [0.2, 0.25) is 0 Å². The average Bonchev–Trinajstić information content (AvgIpc) is 2.50. The summed E-state index contributed by atoms with van der Waals surface area (Å²) in [5.41, 5.74) is 0.367. The molecule has 5 nitrogen and oxygen atoms in total. The summed E-state index contributed by atoms with van der Waals surface area (Å²) in [7, 11) is 2.90. The summed E-state index contributed by atoms with van der Waals surface area (Å²) in [6.07, 6.45) is 1.48. The number of pyridine rings is 1. The lowest BCUT2D eigenvalue weighted by Gasteiger charge is -2.10. The fourth-order valence-electron chi connectivity index (χ4n) is 1.57. The summed E-state index contributed by atoms with van der Waals surface area (Å²) in [4.78, 5) is 15.6. The van der Waals surface area contributed by atoms with E-state index in [0.29, 0.717) is 21.5 Å². The third-order valence-corrected chi connectivity index (χ3v) is 3.82. The molecule has 0 unspecified atom stereocenters. The van der Waals surface area contributed by atoms with E-state index < -0.39 is 5.97 Å². The van der Waals surface area contributed by atoms with E-state index in [9.17, 15) is 4.79 Å². The Morgan fingerprint density at radius 2 is 1.76 bits per heavy atom. The molecule has 110 valence electrons. The van der Waals surface area contributed by atoms with Crippen LogP contribution in [0.4, 0.5) is 0 Å². The van der Waals surface area contributed by atoms with E-state index in [1.807, 2.05) is 0 Å². The van der Waals surface area contributed by atoms with Gasteiger partial charge >= 0.3 is 5.97 Å². The van der Waals surface area contributed by atoms with Crippen LogP contribution in [-0.4, -0.2) is 25.2 Å². The quantitative estimate of drug-likeness (QED) is 0.699. The lowest BCUT2D eigenvalue weighted by molar-refractivity contribution is 0.0600. The fourth-order valence-corrected chi connectivity index (χ4v) is 2.46. The summed E-state index contributed by atoms with van der Waals surface area (Å²) in [5, 5.41) is 0. The van der Waals surface area contributed by atoms with E-state index in [1.54, 1.807) is 25.3 Å². The molecule has 0 amide bonds. The standard InChI is InChI=1S/C14H11Br2NO4/c1-19-11-6-10(16)12(7-9(11)15)21-13-5-8(3-4-17-13)14(18)20-2/h3-7H,1-2H3. The predicted molar refractivity (Wildman–Crippen MR) is 84.0 cm³/mol. The molecule has 0 aliphatic rings. The van der Waals surface area contributed by atoms with Crippen molar-refractivity contribution >= 4 is 37.8 Å². The minimum atomic E-state index is -0.447. The average molecular weight is 417 g/mol. The molecule has 0 spiro atoms. The van der Waals surface area contributed by atoms with Gasteiger partial charge in [-0.3, -0.25) is 0 Å². The van der Waals surface area contributed by atoms with Crippen LogP contribution < -0.4 is 9.47 Å². The van der Waals surface area contributed by atoms with Gasteiger partial charge in [0, 0.05) is 12.3 Å². The van der Waals surface area contributed by atoms with Crippen molar-refractivity contribution in [2.75, 3.05) is 14.2 Å². The minimum Gasteiger partial charge on any atom is -0.496 e. The van der Waals surface area contributed by atoms with Gasteiger partial charge in [0.2, 0.25) is 5.88 Å². The van der Waals surface area contributed by atoms with Gasteiger partial charge in [-0.2, -0.15) is 0 Å². The Morgan fingerprint density at radius 3 is 2.43 bits per heavy atom. The van der Waals surface area contributed by atoms with Crippen LogP contribution in [0.1, 0.15) is 10.4 Å². The van der Waals surface area contributed by atoms with Gasteiger partial charge in [-0.05, 0) is 50.1 Å². The molecule has 0 fully saturated rings. The molecule has 0 aliphatic carbocycles. The molecule has 1 aromatic heterocycles. The second-order valence-electron chi connectivity index (χ2n) is 3.89. The Morgan fingerprint density at radius 1 is 1.10 bits per heavy atom. The fraction of sp³-hybridized carbons (Fsp3) is 0.143. The number of hydrogen-bond donors (Lipinski definition) is 0.